The molecule has 2 aromatic rings. The summed E-state index contributed by atoms with van der Waals surface area (Å²) in [4.78, 5) is 0. The summed E-state index contributed by atoms with van der Waals surface area (Å²) in [6, 6.07) is 4.72. The van der Waals surface area contributed by atoms with Gasteiger partial charge in [0.05, 0.1) is 9.90 Å². The van der Waals surface area contributed by atoms with E-state index in [2.05, 4.69) is 0 Å². The molecule has 0 radical (unpaired) electrons. The molecular weight excluding hydrogens is 306 g/mol. The maximum Gasteiger partial charge on any atom is 0.416 e. The lowest BCUT2D eigenvalue weighted by atomic mass is 10.0. The summed E-state index contributed by atoms with van der Waals surface area (Å²) in [7, 11) is 0. The van der Waals surface area contributed by atoms with Gasteiger partial charge in [-0.2, -0.15) is 13.2 Å². The Bertz CT molecular complexity index is 592. The molecule has 1 aromatic carbocycles. The molecular formula is C11H6Cl2F3NS. The van der Waals surface area contributed by atoms with Crippen LogP contribution in [0.4, 0.5) is 18.9 Å². The lowest BCUT2D eigenvalue weighted by Crippen LogP contribution is -2.05. The molecule has 0 bridgehead atoms. The van der Waals surface area contributed by atoms with Gasteiger partial charge in [-0.1, -0.05) is 29.3 Å². The van der Waals surface area contributed by atoms with E-state index in [1.165, 1.54) is 6.07 Å². The minimum absolute atomic E-state index is 0.0150. The predicted molar refractivity (Wildman–Crippen MR) is 69.2 cm³/mol. The average Bonchev–Trinajstić information content (AvgIpc) is 2.56. The molecule has 0 atom stereocenters. The van der Waals surface area contributed by atoms with Crippen LogP contribution < -0.4 is 5.73 Å². The fraction of sp³-hybridized carbons (Fsp3) is 0.0909. The second kappa shape index (κ2) is 4.64. The number of rotatable bonds is 1. The Morgan fingerprint density at radius 1 is 1.06 bits per heavy atom. The zero-order valence-electron chi connectivity index (χ0n) is 8.68. The van der Waals surface area contributed by atoms with Gasteiger partial charge in [0.15, 0.2) is 0 Å². The third-order valence-electron chi connectivity index (χ3n) is 2.33. The number of thiophene rings is 1. The van der Waals surface area contributed by atoms with Crippen molar-refractivity contribution >= 4 is 40.2 Å². The maximum absolute atomic E-state index is 12.5. The first-order valence-electron chi connectivity index (χ1n) is 4.71. The van der Waals surface area contributed by atoms with Gasteiger partial charge in [0.25, 0.3) is 0 Å². The number of anilines is 1. The first-order valence-corrected chi connectivity index (χ1v) is 6.28. The number of benzene rings is 1. The van der Waals surface area contributed by atoms with Crippen molar-refractivity contribution in [2.24, 2.45) is 0 Å². The number of alkyl halides is 3. The Morgan fingerprint density at radius 3 is 2.17 bits per heavy atom. The topological polar surface area (TPSA) is 26.0 Å². The quantitative estimate of drug-likeness (QED) is 0.708. The number of hydrogen-bond acceptors (Lipinski definition) is 2. The van der Waals surface area contributed by atoms with E-state index < -0.39 is 11.7 Å². The van der Waals surface area contributed by atoms with Crippen LogP contribution in [-0.4, -0.2) is 0 Å². The summed E-state index contributed by atoms with van der Waals surface area (Å²) < 4.78 is 38.3. The van der Waals surface area contributed by atoms with E-state index in [0.717, 1.165) is 23.5 Å². The van der Waals surface area contributed by atoms with Gasteiger partial charge in [0, 0.05) is 16.8 Å². The SMILES string of the molecule is Nc1cc(C(F)(F)F)ccc1-c1cc(Cl)sc1Cl. The summed E-state index contributed by atoms with van der Waals surface area (Å²) in [6.07, 6.45) is -4.41. The fourth-order valence-corrected chi connectivity index (χ4v) is 3.00. The van der Waals surface area contributed by atoms with Crippen LogP contribution >= 0.6 is 34.5 Å². The highest BCUT2D eigenvalue weighted by atomic mass is 35.5. The van der Waals surface area contributed by atoms with E-state index in [4.69, 9.17) is 28.9 Å². The normalized spacial score (nSPS) is 11.8. The van der Waals surface area contributed by atoms with E-state index in [-0.39, 0.29) is 5.69 Å². The first kappa shape index (κ1) is 13.5. The molecule has 0 fully saturated rings. The summed E-state index contributed by atoms with van der Waals surface area (Å²) in [6.45, 7) is 0. The largest absolute Gasteiger partial charge is 0.416 e. The summed E-state index contributed by atoms with van der Waals surface area (Å²) >= 11 is 12.9. The third kappa shape index (κ3) is 2.58. The monoisotopic (exact) mass is 311 g/mol. The number of hydrogen-bond donors (Lipinski definition) is 1. The minimum atomic E-state index is -4.41. The number of nitrogen functional groups attached to an aromatic ring is 1. The first-order chi connectivity index (χ1) is 8.29. The Hall–Kier alpha value is -0.910. The van der Waals surface area contributed by atoms with Gasteiger partial charge in [0.2, 0.25) is 0 Å². The predicted octanol–water partition coefficient (Wildman–Crippen LogP) is 5.32. The molecule has 2 N–H and O–H groups in total. The molecule has 0 saturated carbocycles. The van der Waals surface area contributed by atoms with Gasteiger partial charge < -0.3 is 5.73 Å². The maximum atomic E-state index is 12.5. The van der Waals surface area contributed by atoms with E-state index in [0.29, 0.717) is 19.8 Å². The second-order valence-electron chi connectivity index (χ2n) is 3.54. The van der Waals surface area contributed by atoms with Crippen LogP contribution in [-0.2, 0) is 6.18 Å². The molecule has 96 valence electrons. The Balaban J connectivity index is 2.51. The summed E-state index contributed by atoms with van der Waals surface area (Å²) in [5, 5.41) is 0. The van der Waals surface area contributed by atoms with Crippen molar-refractivity contribution in [2.75, 3.05) is 5.73 Å². The highest BCUT2D eigenvalue weighted by molar-refractivity contribution is 7.20. The highest BCUT2D eigenvalue weighted by Gasteiger charge is 2.31. The van der Waals surface area contributed by atoms with E-state index in [1.54, 1.807) is 6.07 Å². The molecule has 1 nitrogen and oxygen atoms in total. The van der Waals surface area contributed by atoms with Crippen molar-refractivity contribution < 1.29 is 13.2 Å². The molecule has 1 aromatic heterocycles. The van der Waals surface area contributed by atoms with Crippen molar-refractivity contribution in [2.45, 2.75) is 6.18 Å². The van der Waals surface area contributed by atoms with Gasteiger partial charge in [-0.05, 0) is 18.2 Å². The van der Waals surface area contributed by atoms with Crippen LogP contribution in [0.1, 0.15) is 5.56 Å². The van der Waals surface area contributed by atoms with Gasteiger partial charge in [-0.25, -0.2) is 0 Å². The van der Waals surface area contributed by atoms with Crippen molar-refractivity contribution in [1.29, 1.82) is 0 Å². The molecule has 0 aliphatic carbocycles. The van der Waals surface area contributed by atoms with Gasteiger partial charge >= 0.3 is 6.18 Å². The molecule has 0 aliphatic rings. The lowest BCUT2D eigenvalue weighted by Gasteiger charge is -2.10. The van der Waals surface area contributed by atoms with Crippen molar-refractivity contribution in [3.63, 3.8) is 0 Å². The zero-order valence-corrected chi connectivity index (χ0v) is 11.0. The van der Waals surface area contributed by atoms with Crippen LogP contribution in [0.3, 0.4) is 0 Å². The van der Waals surface area contributed by atoms with E-state index in [9.17, 15) is 13.2 Å². The van der Waals surface area contributed by atoms with E-state index >= 15 is 0 Å². The second-order valence-corrected chi connectivity index (χ2v) is 5.82. The highest BCUT2D eigenvalue weighted by Crippen LogP contribution is 2.41. The van der Waals surface area contributed by atoms with Gasteiger partial charge in [-0.3, -0.25) is 0 Å². The molecule has 2 rings (SSSR count). The van der Waals surface area contributed by atoms with Crippen molar-refractivity contribution in [1.82, 2.24) is 0 Å². The van der Waals surface area contributed by atoms with Crippen molar-refractivity contribution in [3.05, 3.63) is 38.5 Å². The molecule has 0 saturated heterocycles. The molecule has 0 spiro atoms. The third-order valence-corrected chi connectivity index (χ3v) is 3.81. The standard InChI is InChI=1S/C11H6Cl2F3NS/c12-9-4-7(10(13)18-9)6-2-1-5(3-8(6)17)11(14,15)16/h1-4H,17H2. The van der Waals surface area contributed by atoms with Crippen LogP contribution in [0, 0.1) is 0 Å². The zero-order chi connectivity index (χ0) is 13.5. The van der Waals surface area contributed by atoms with Gasteiger partial charge in [0.1, 0.15) is 4.34 Å². The Morgan fingerprint density at radius 2 is 1.72 bits per heavy atom. The van der Waals surface area contributed by atoms with Gasteiger partial charge in [-0.15, -0.1) is 11.3 Å². The fourth-order valence-electron chi connectivity index (χ4n) is 1.51. The molecule has 1 heterocycles. The summed E-state index contributed by atoms with van der Waals surface area (Å²) in [5.74, 6) is 0. The van der Waals surface area contributed by atoms with Crippen molar-refractivity contribution in [3.8, 4) is 11.1 Å². The van der Waals surface area contributed by atoms with E-state index in [1.807, 2.05) is 0 Å². The van der Waals surface area contributed by atoms with Crippen LogP contribution in [0.5, 0.6) is 0 Å². The van der Waals surface area contributed by atoms with Crippen LogP contribution in [0.15, 0.2) is 24.3 Å². The molecule has 7 heteroatoms. The molecule has 0 amide bonds. The van der Waals surface area contributed by atoms with Crippen LogP contribution in [0.2, 0.25) is 8.67 Å². The average molecular weight is 312 g/mol. The number of halogens is 5. The Kier molecular flexibility index (Phi) is 3.49. The molecule has 18 heavy (non-hydrogen) atoms. The number of nitrogens with two attached hydrogens (primary N) is 1. The van der Waals surface area contributed by atoms with Crippen LogP contribution in [0.25, 0.3) is 11.1 Å². The molecule has 0 aliphatic heterocycles. The Labute approximate surface area is 115 Å². The molecule has 0 unspecified atom stereocenters. The smallest absolute Gasteiger partial charge is 0.398 e. The summed E-state index contributed by atoms with van der Waals surface area (Å²) in [5.41, 5.74) is 5.84. The lowest BCUT2D eigenvalue weighted by molar-refractivity contribution is -0.137. The minimum Gasteiger partial charge on any atom is -0.398 e.